The first-order valence-electron chi connectivity index (χ1n) is 21.1. The molecule has 0 bridgehead atoms. The second kappa shape index (κ2) is 14.7. The average molecular weight is 791 g/mol. The van der Waals surface area contributed by atoms with E-state index < -0.39 is 0 Å². The van der Waals surface area contributed by atoms with Crippen LogP contribution in [-0.2, 0) is 0 Å². The van der Waals surface area contributed by atoms with Crippen molar-refractivity contribution in [2.24, 2.45) is 0 Å². The summed E-state index contributed by atoms with van der Waals surface area (Å²) in [5.74, 6) is 0.704. The van der Waals surface area contributed by atoms with Crippen LogP contribution < -0.4 is 0 Å². The van der Waals surface area contributed by atoms with Crippen molar-refractivity contribution in [3.63, 3.8) is 0 Å². The Morgan fingerprint density at radius 2 is 0.661 bits per heavy atom. The van der Waals surface area contributed by atoms with E-state index in [0.717, 1.165) is 45.0 Å². The Hall–Kier alpha value is -8.34. The normalized spacial score (nSPS) is 11.5. The SMILES string of the molecule is c1ccc(-c2cc(-c3ccccc3)cc(-n3c4ccccc4c4ccc5c6ccccc6n(-c6ccc(-c7cc(-c8ccccc8)nc(-c8ccccc8)n7)cc6)c5c43)c2)cc1. The molecule has 0 spiro atoms. The number of fused-ring (bicyclic) bond motifs is 7. The van der Waals surface area contributed by atoms with Crippen LogP contribution >= 0.6 is 0 Å². The third kappa shape index (κ3) is 6.00. The molecule has 0 saturated carbocycles. The minimum atomic E-state index is 0.704. The quantitative estimate of drug-likeness (QED) is 0.161. The summed E-state index contributed by atoms with van der Waals surface area (Å²) in [6, 6.07) is 82.3. The molecule has 0 N–H and O–H groups in total. The first kappa shape index (κ1) is 35.6. The summed E-state index contributed by atoms with van der Waals surface area (Å²) in [5.41, 5.74) is 16.4. The highest BCUT2D eigenvalue weighted by Crippen LogP contribution is 2.43. The fourth-order valence-corrected chi connectivity index (χ4v) is 9.22. The third-order valence-corrected chi connectivity index (χ3v) is 12.1. The summed E-state index contributed by atoms with van der Waals surface area (Å²) < 4.78 is 4.95. The fraction of sp³-hybridized carbons (Fsp3) is 0. The Bertz CT molecular complexity index is 3470. The van der Waals surface area contributed by atoms with Gasteiger partial charge in [0.15, 0.2) is 5.82 Å². The molecule has 4 heteroatoms. The zero-order chi connectivity index (χ0) is 41.0. The molecule has 0 saturated heterocycles. The molecular weight excluding hydrogens is 753 g/mol. The molecule has 9 aromatic carbocycles. The highest BCUT2D eigenvalue weighted by atomic mass is 15.0. The Balaban J connectivity index is 1.10. The largest absolute Gasteiger partial charge is 0.307 e. The van der Waals surface area contributed by atoms with E-state index in [2.05, 4.69) is 215 Å². The maximum atomic E-state index is 5.14. The van der Waals surface area contributed by atoms with E-state index in [9.17, 15) is 0 Å². The molecule has 0 radical (unpaired) electrons. The lowest BCUT2D eigenvalue weighted by molar-refractivity contribution is 1.15. The van der Waals surface area contributed by atoms with Crippen LogP contribution in [-0.4, -0.2) is 19.1 Å². The van der Waals surface area contributed by atoms with Gasteiger partial charge in [0.1, 0.15) is 0 Å². The van der Waals surface area contributed by atoms with Gasteiger partial charge in [0.2, 0.25) is 0 Å². The summed E-state index contributed by atoms with van der Waals surface area (Å²) in [6.45, 7) is 0. The Morgan fingerprint density at radius 1 is 0.258 bits per heavy atom. The number of aromatic nitrogens is 4. The van der Waals surface area contributed by atoms with E-state index in [4.69, 9.17) is 9.97 Å². The Labute approximate surface area is 359 Å². The lowest BCUT2D eigenvalue weighted by Crippen LogP contribution is -2.00. The molecule has 0 amide bonds. The number of hydrogen-bond acceptors (Lipinski definition) is 2. The minimum Gasteiger partial charge on any atom is -0.307 e. The van der Waals surface area contributed by atoms with Gasteiger partial charge in [0, 0.05) is 49.6 Å². The molecule has 12 aromatic rings. The highest BCUT2D eigenvalue weighted by Gasteiger charge is 2.22. The van der Waals surface area contributed by atoms with Gasteiger partial charge in [-0.1, -0.05) is 182 Å². The van der Waals surface area contributed by atoms with Gasteiger partial charge in [-0.05, 0) is 70.8 Å². The maximum Gasteiger partial charge on any atom is 0.160 e. The average Bonchev–Trinajstić information content (AvgIpc) is 3.88. The van der Waals surface area contributed by atoms with Crippen LogP contribution in [0.3, 0.4) is 0 Å². The van der Waals surface area contributed by atoms with Gasteiger partial charge in [0.25, 0.3) is 0 Å². The van der Waals surface area contributed by atoms with E-state index in [1.54, 1.807) is 0 Å². The van der Waals surface area contributed by atoms with Crippen molar-refractivity contribution in [1.29, 1.82) is 0 Å². The van der Waals surface area contributed by atoms with Crippen LogP contribution in [0.1, 0.15) is 0 Å². The van der Waals surface area contributed by atoms with Gasteiger partial charge in [-0.15, -0.1) is 0 Å². The smallest absolute Gasteiger partial charge is 0.160 e. The molecule has 0 aliphatic heterocycles. The first-order chi connectivity index (χ1) is 30.7. The van der Waals surface area contributed by atoms with E-state index in [-0.39, 0.29) is 0 Å². The zero-order valence-corrected chi connectivity index (χ0v) is 33.7. The van der Waals surface area contributed by atoms with Crippen molar-refractivity contribution in [1.82, 2.24) is 19.1 Å². The van der Waals surface area contributed by atoms with E-state index >= 15 is 0 Å². The van der Waals surface area contributed by atoms with Crippen LogP contribution in [0, 0.1) is 0 Å². The number of para-hydroxylation sites is 2. The topological polar surface area (TPSA) is 35.6 Å². The molecule has 12 rings (SSSR count). The number of nitrogens with zero attached hydrogens (tertiary/aromatic N) is 4. The van der Waals surface area contributed by atoms with Crippen molar-refractivity contribution in [2.75, 3.05) is 0 Å². The van der Waals surface area contributed by atoms with Crippen LogP contribution in [0.15, 0.2) is 231 Å². The molecule has 0 unspecified atom stereocenters. The van der Waals surface area contributed by atoms with Crippen LogP contribution in [0.25, 0.3) is 111 Å². The molecule has 0 aliphatic carbocycles. The van der Waals surface area contributed by atoms with Crippen molar-refractivity contribution in [2.45, 2.75) is 0 Å². The molecule has 290 valence electrons. The lowest BCUT2D eigenvalue weighted by atomic mass is 9.98. The van der Waals surface area contributed by atoms with Gasteiger partial charge in [-0.2, -0.15) is 0 Å². The molecule has 3 aromatic heterocycles. The number of rotatable bonds is 7. The van der Waals surface area contributed by atoms with Crippen molar-refractivity contribution >= 4 is 43.6 Å². The van der Waals surface area contributed by atoms with Crippen LogP contribution in [0.4, 0.5) is 0 Å². The second-order valence-corrected chi connectivity index (χ2v) is 15.8. The molecule has 0 fully saturated rings. The summed E-state index contributed by atoms with van der Waals surface area (Å²) in [5, 5.41) is 4.85. The minimum absolute atomic E-state index is 0.704. The summed E-state index contributed by atoms with van der Waals surface area (Å²) in [6.07, 6.45) is 0. The van der Waals surface area contributed by atoms with E-state index in [0.29, 0.717) is 5.82 Å². The summed E-state index contributed by atoms with van der Waals surface area (Å²) in [7, 11) is 0. The second-order valence-electron chi connectivity index (χ2n) is 15.8. The summed E-state index contributed by atoms with van der Waals surface area (Å²) in [4.78, 5) is 10.2. The van der Waals surface area contributed by atoms with Gasteiger partial charge >= 0.3 is 0 Å². The van der Waals surface area contributed by atoms with Crippen molar-refractivity contribution in [3.05, 3.63) is 231 Å². The number of hydrogen-bond donors (Lipinski definition) is 0. The van der Waals surface area contributed by atoms with Gasteiger partial charge in [0.05, 0.1) is 33.5 Å². The van der Waals surface area contributed by atoms with Gasteiger partial charge < -0.3 is 9.13 Å². The molecule has 4 nitrogen and oxygen atoms in total. The van der Waals surface area contributed by atoms with Crippen molar-refractivity contribution < 1.29 is 0 Å². The highest BCUT2D eigenvalue weighted by molar-refractivity contribution is 6.23. The molecule has 0 aliphatic rings. The van der Waals surface area contributed by atoms with Crippen LogP contribution in [0.2, 0.25) is 0 Å². The monoisotopic (exact) mass is 790 g/mol. The van der Waals surface area contributed by atoms with Crippen LogP contribution in [0.5, 0.6) is 0 Å². The zero-order valence-electron chi connectivity index (χ0n) is 33.7. The fourth-order valence-electron chi connectivity index (χ4n) is 9.22. The Kier molecular flexibility index (Phi) is 8.46. The third-order valence-electron chi connectivity index (χ3n) is 12.1. The lowest BCUT2D eigenvalue weighted by Gasteiger charge is -2.16. The first-order valence-corrected chi connectivity index (χ1v) is 21.1. The van der Waals surface area contributed by atoms with E-state index in [1.165, 1.54) is 60.3 Å². The molecule has 62 heavy (non-hydrogen) atoms. The number of benzene rings is 9. The maximum absolute atomic E-state index is 5.14. The molecular formula is C58H38N4. The van der Waals surface area contributed by atoms with Crippen molar-refractivity contribution in [3.8, 4) is 67.5 Å². The van der Waals surface area contributed by atoms with Gasteiger partial charge in [-0.3, -0.25) is 0 Å². The molecule has 3 heterocycles. The predicted molar refractivity (Wildman–Crippen MR) is 258 cm³/mol. The summed E-state index contributed by atoms with van der Waals surface area (Å²) >= 11 is 0. The predicted octanol–water partition coefficient (Wildman–Crippen LogP) is 15.0. The Morgan fingerprint density at radius 3 is 1.16 bits per heavy atom. The van der Waals surface area contributed by atoms with Gasteiger partial charge in [-0.25, -0.2) is 9.97 Å². The van der Waals surface area contributed by atoms with E-state index in [1.807, 2.05) is 24.3 Å². The molecule has 0 atom stereocenters. The standard InChI is InChI=1S/C58H38N4/c1-5-17-39(18-6-1)44-35-45(40-19-7-2-8-20-40)37-47(36-44)62-55-28-16-14-26-49(55)51-34-33-50-48-25-13-15-27-54(48)61(56(50)57(51)62)46-31-29-42(30-32-46)53-38-52(41-21-9-3-10-22-41)59-58(60-53)43-23-11-4-12-24-43/h1-38H.